The highest BCUT2D eigenvalue weighted by Crippen LogP contribution is 2.39. The summed E-state index contributed by atoms with van der Waals surface area (Å²) in [6.07, 6.45) is 8.79. The lowest BCUT2D eigenvalue weighted by Crippen LogP contribution is -2.36. The van der Waals surface area contributed by atoms with E-state index in [2.05, 4.69) is 31.6 Å². The number of anilines is 1. The van der Waals surface area contributed by atoms with E-state index < -0.39 is 0 Å². The Labute approximate surface area is 142 Å². The first-order valence-electron chi connectivity index (χ1n) is 9.15. The van der Waals surface area contributed by atoms with Crippen LogP contribution in [0.4, 0.5) is 5.69 Å². The molecule has 1 saturated heterocycles. The number of hydrogen-bond donors (Lipinski definition) is 2. The Morgan fingerprint density at radius 2 is 2.00 bits per heavy atom. The van der Waals surface area contributed by atoms with Gasteiger partial charge in [-0.2, -0.15) is 9.61 Å². The van der Waals surface area contributed by atoms with Crippen LogP contribution in [0.25, 0.3) is 5.65 Å². The molecular weight excluding hydrogens is 304 g/mol. The van der Waals surface area contributed by atoms with Crippen molar-refractivity contribution in [3.8, 4) is 0 Å². The summed E-state index contributed by atoms with van der Waals surface area (Å²) in [7, 11) is 0. The molecule has 1 aliphatic heterocycles. The molecule has 0 bridgehead atoms. The third kappa shape index (κ3) is 3.67. The molecule has 1 aliphatic carbocycles. The van der Waals surface area contributed by atoms with Crippen LogP contribution in [0.1, 0.15) is 50.1 Å². The molecule has 2 N–H and O–H groups in total. The van der Waals surface area contributed by atoms with Crippen molar-refractivity contribution in [3.05, 3.63) is 18.1 Å². The Bertz CT molecular complexity index is 675. The van der Waals surface area contributed by atoms with Gasteiger partial charge in [0.25, 0.3) is 0 Å². The van der Waals surface area contributed by atoms with Gasteiger partial charge in [-0.25, -0.2) is 0 Å². The summed E-state index contributed by atoms with van der Waals surface area (Å²) >= 11 is 0. The average Bonchev–Trinajstić information content (AvgIpc) is 3.37. The highest BCUT2D eigenvalue weighted by atomic mass is 16.3. The fourth-order valence-corrected chi connectivity index (χ4v) is 3.46. The summed E-state index contributed by atoms with van der Waals surface area (Å²) < 4.78 is 1.73. The second-order valence-electron chi connectivity index (χ2n) is 7.11. The molecule has 0 aromatic carbocycles. The molecule has 7 heteroatoms. The van der Waals surface area contributed by atoms with Crippen molar-refractivity contribution >= 4 is 11.3 Å². The second kappa shape index (κ2) is 7.03. The van der Waals surface area contributed by atoms with Crippen LogP contribution in [0.2, 0.25) is 0 Å². The van der Waals surface area contributed by atoms with Crippen molar-refractivity contribution in [2.24, 2.45) is 0 Å². The van der Waals surface area contributed by atoms with E-state index in [4.69, 9.17) is 0 Å². The first kappa shape index (κ1) is 15.8. The Kier molecular flexibility index (Phi) is 4.62. The van der Waals surface area contributed by atoms with E-state index in [0.717, 1.165) is 36.7 Å². The lowest BCUT2D eigenvalue weighted by atomic mass is 10.2. The third-order valence-electron chi connectivity index (χ3n) is 4.98. The zero-order chi connectivity index (χ0) is 16.4. The van der Waals surface area contributed by atoms with E-state index in [0.29, 0.717) is 12.5 Å². The summed E-state index contributed by atoms with van der Waals surface area (Å²) in [5, 5.41) is 26.4. The van der Waals surface area contributed by atoms with Gasteiger partial charge >= 0.3 is 0 Å². The molecule has 7 nitrogen and oxygen atoms in total. The minimum atomic E-state index is -0.386. The molecule has 2 fully saturated rings. The van der Waals surface area contributed by atoms with Crippen molar-refractivity contribution in [2.45, 2.75) is 50.5 Å². The molecule has 1 atom stereocenters. The van der Waals surface area contributed by atoms with Crippen molar-refractivity contribution < 1.29 is 5.11 Å². The van der Waals surface area contributed by atoms with Crippen molar-refractivity contribution in [1.82, 2.24) is 24.7 Å². The lowest BCUT2D eigenvalue weighted by Gasteiger charge is -2.23. The molecule has 24 heavy (non-hydrogen) atoms. The van der Waals surface area contributed by atoms with Gasteiger partial charge in [-0.3, -0.25) is 0 Å². The summed E-state index contributed by atoms with van der Waals surface area (Å²) in [5.41, 5.74) is 2.73. The highest BCUT2D eigenvalue weighted by Gasteiger charge is 2.26. The SMILES string of the molecule is OC(CNc1cc(C2CC2)nn2cnnc12)CN1CCCCCC1. The van der Waals surface area contributed by atoms with Gasteiger partial charge in [0.1, 0.15) is 6.33 Å². The predicted molar refractivity (Wildman–Crippen MR) is 92.2 cm³/mol. The van der Waals surface area contributed by atoms with Crippen molar-refractivity contribution in [2.75, 3.05) is 31.5 Å². The Hall–Kier alpha value is -1.73. The minimum absolute atomic E-state index is 0.386. The van der Waals surface area contributed by atoms with E-state index in [1.807, 2.05) is 0 Å². The van der Waals surface area contributed by atoms with E-state index >= 15 is 0 Å². The van der Waals surface area contributed by atoms with Gasteiger partial charge in [-0.05, 0) is 44.8 Å². The van der Waals surface area contributed by atoms with Crippen molar-refractivity contribution in [3.63, 3.8) is 0 Å². The molecule has 2 aromatic heterocycles. The monoisotopic (exact) mass is 330 g/mol. The third-order valence-corrected chi connectivity index (χ3v) is 4.98. The number of aromatic nitrogens is 4. The largest absolute Gasteiger partial charge is 0.390 e. The summed E-state index contributed by atoms with van der Waals surface area (Å²) in [5.74, 6) is 0.569. The molecule has 3 heterocycles. The van der Waals surface area contributed by atoms with Gasteiger partial charge in [0.15, 0.2) is 0 Å². The number of fused-ring (bicyclic) bond motifs is 1. The molecule has 2 aliphatic rings. The van der Waals surface area contributed by atoms with Gasteiger partial charge in [-0.1, -0.05) is 12.8 Å². The molecule has 130 valence electrons. The minimum Gasteiger partial charge on any atom is -0.390 e. The molecule has 4 rings (SSSR count). The van der Waals surface area contributed by atoms with Crippen LogP contribution in [0.3, 0.4) is 0 Å². The molecule has 0 amide bonds. The summed E-state index contributed by atoms with van der Waals surface area (Å²) in [6, 6.07) is 2.07. The standard InChI is InChI=1S/C17H26N6O/c24-14(11-22-7-3-1-2-4-8-22)10-18-16-9-15(13-5-6-13)21-23-12-19-20-17(16)23/h9,12-14,18,24H,1-8,10-11H2. The summed E-state index contributed by atoms with van der Waals surface area (Å²) in [4.78, 5) is 2.38. The van der Waals surface area contributed by atoms with Crippen LogP contribution < -0.4 is 5.32 Å². The zero-order valence-corrected chi connectivity index (χ0v) is 14.1. The quantitative estimate of drug-likeness (QED) is 0.838. The molecule has 0 spiro atoms. The Morgan fingerprint density at radius 3 is 2.75 bits per heavy atom. The Balaban J connectivity index is 1.39. The van der Waals surface area contributed by atoms with Gasteiger partial charge in [-0.15, -0.1) is 10.2 Å². The van der Waals surface area contributed by atoms with Crippen LogP contribution in [0.5, 0.6) is 0 Å². The molecular formula is C17H26N6O. The fourth-order valence-electron chi connectivity index (χ4n) is 3.46. The van der Waals surface area contributed by atoms with Gasteiger partial charge in [0.2, 0.25) is 5.65 Å². The van der Waals surface area contributed by atoms with E-state index in [1.165, 1.54) is 38.5 Å². The first-order valence-corrected chi connectivity index (χ1v) is 9.15. The van der Waals surface area contributed by atoms with Gasteiger partial charge in [0.05, 0.1) is 17.5 Å². The predicted octanol–water partition coefficient (Wildman–Crippen LogP) is 1.65. The Morgan fingerprint density at radius 1 is 1.21 bits per heavy atom. The lowest BCUT2D eigenvalue weighted by molar-refractivity contribution is 0.124. The molecule has 2 aromatic rings. The number of nitrogens with zero attached hydrogens (tertiary/aromatic N) is 5. The van der Waals surface area contributed by atoms with Crippen LogP contribution in [0.15, 0.2) is 12.4 Å². The highest BCUT2D eigenvalue weighted by molar-refractivity contribution is 5.67. The number of likely N-dealkylation sites (tertiary alicyclic amines) is 1. The molecule has 1 saturated carbocycles. The molecule has 0 radical (unpaired) electrons. The van der Waals surface area contributed by atoms with Crippen LogP contribution >= 0.6 is 0 Å². The number of aliphatic hydroxyl groups is 1. The van der Waals surface area contributed by atoms with E-state index in [-0.39, 0.29) is 6.10 Å². The fraction of sp³-hybridized carbons (Fsp3) is 0.706. The van der Waals surface area contributed by atoms with Crippen LogP contribution in [0, 0.1) is 0 Å². The second-order valence-corrected chi connectivity index (χ2v) is 7.11. The maximum Gasteiger partial charge on any atom is 0.200 e. The van der Waals surface area contributed by atoms with Crippen LogP contribution in [-0.4, -0.2) is 62.1 Å². The number of aliphatic hydroxyl groups excluding tert-OH is 1. The zero-order valence-electron chi connectivity index (χ0n) is 14.1. The number of nitrogens with one attached hydrogen (secondary N) is 1. The topological polar surface area (TPSA) is 78.6 Å². The number of hydrogen-bond acceptors (Lipinski definition) is 6. The van der Waals surface area contributed by atoms with Crippen molar-refractivity contribution in [1.29, 1.82) is 0 Å². The van der Waals surface area contributed by atoms with Gasteiger partial charge < -0.3 is 15.3 Å². The smallest absolute Gasteiger partial charge is 0.200 e. The molecule has 1 unspecified atom stereocenters. The average molecular weight is 330 g/mol. The summed E-state index contributed by atoms with van der Waals surface area (Å²) in [6.45, 7) is 3.46. The number of β-amino-alcohol motifs (C(OH)–C–C–N with tert-alkyl or cyclic N) is 1. The van der Waals surface area contributed by atoms with E-state index in [1.54, 1.807) is 10.8 Å². The van der Waals surface area contributed by atoms with Gasteiger partial charge in [0, 0.05) is 19.0 Å². The maximum atomic E-state index is 10.4. The van der Waals surface area contributed by atoms with Crippen LogP contribution in [-0.2, 0) is 0 Å². The number of rotatable bonds is 6. The first-order chi connectivity index (χ1) is 11.8. The van der Waals surface area contributed by atoms with E-state index in [9.17, 15) is 5.11 Å². The normalized spacial score (nSPS) is 20.9. The maximum absolute atomic E-state index is 10.4.